The number of nitrogens with zero attached hydrogens (tertiary/aromatic N) is 2. The Kier molecular flexibility index (Phi) is 9.34. The van der Waals surface area contributed by atoms with Crippen LogP contribution in [0.5, 0.6) is 5.75 Å². The van der Waals surface area contributed by atoms with Crippen molar-refractivity contribution >= 4 is 11.7 Å². The van der Waals surface area contributed by atoms with Crippen LogP contribution >= 0.6 is 0 Å². The third-order valence-corrected chi connectivity index (χ3v) is 8.49. The second-order valence-electron chi connectivity index (χ2n) is 11.4. The third-order valence-electron chi connectivity index (χ3n) is 8.49. The lowest BCUT2D eigenvalue weighted by Gasteiger charge is -2.41. The molecule has 1 aliphatic heterocycles. The van der Waals surface area contributed by atoms with E-state index in [1.165, 1.54) is 22.3 Å². The average molecular weight is 582 g/mol. The van der Waals surface area contributed by atoms with Crippen molar-refractivity contribution in [2.75, 3.05) is 12.0 Å². The molecule has 3 atom stereocenters. The number of urea groups is 1. The number of anilines is 1. The average Bonchev–Trinajstić information content (AvgIpc) is 3.39. The summed E-state index contributed by atoms with van der Waals surface area (Å²) in [6.45, 7) is 1.51. The van der Waals surface area contributed by atoms with Gasteiger partial charge in [-0.15, -0.1) is 0 Å². The molecular formula is C39H39N3O2. The number of hydrogen-bond donors (Lipinski definition) is 1. The number of carbonyl (C=O) groups is 1. The van der Waals surface area contributed by atoms with Crippen LogP contribution in [0.25, 0.3) is 0 Å². The minimum atomic E-state index is -0.149. The van der Waals surface area contributed by atoms with E-state index in [0.29, 0.717) is 0 Å². The molecule has 1 saturated heterocycles. The van der Waals surface area contributed by atoms with E-state index < -0.39 is 0 Å². The summed E-state index contributed by atoms with van der Waals surface area (Å²) >= 11 is 0. The van der Waals surface area contributed by atoms with Crippen LogP contribution in [0.3, 0.4) is 0 Å². The van der Waals surface area contributed by atoms with Gasteiger partial charge in [-0.05, 0) is 59.4 Å². The summed E-state index contributed by atoms with van der Waals surface area (Å²) in [5, 5.41) is 3.41. The second-order valence-corrected chi connectivity index (χ2v) is 11.4. The van der Waals surface area contributed by atoms with Crippen molar-refractivity contribution in [1.29, 1.82) is 0 Å². The Labute approximate surface area is 260 Å². The maximum absolute atomic E-state index is 14.0. The summed E-state index contributed by atoms with van der Waals surface area (Å²) < 4.78 is 5.46. The molecule has 1 N–H and O–H groups in total. The zero-order chi connectivity index (χ0) is 30.1. The highest BCUT2D eigenvalue weighted by atomic mass is 16.5. The quantitative estimate of drug-likeness (QED) is 0.166. The van der Waals surface area contributed by atoms with Crippen LogP contribution in [0.15, 0.2) is 146 Å². The second kappa shape index (κ2) is 14.1. The first-order chi connectivity index (χ1) is 21.7. The lowest BCUT2D eigenvalue weighted by atomic mass is 9.88. The molecule has 5 aromatic rings. The van der Waals surface area contributed by atoms with Gasteiger partial charge in [0.2, 0.25) is 0 Å². The zero-order valence-electron chi connectivity index (χ0n) is 25.1. The number of nitrogens with one attached hydrogen (secondary N) is 1. The number of methoxy groups -OCH3 is 1. The maximum atomic E-state index is 14.0. The molecule has 0 spiro atoms. The van der Waals surface area contributed by atoms with Crippen LogP contribution in [0, 0.1) is 0 Å². The molecule has 222 valence electrons. The first-order valence-corrected chi connectivity index (χ1v) is 15.3. The molecule has 1 heterocycles. The van der Waals surface area contributed by atoms with E-state index in [1.807, 2.05) is 35.2 Å². The Hall–Kier alpha value is -4.87. The summed E-state index contributed by atoms with van der Waals surface area (Å²) in [5.41, 5.74) is 5.80. The van der Waals surface area contributed by atoms with Crippen LogP contribution in [0.1, 0.15) is 22.3 Å². The highest BCUT2D eigenvalue weighted by Gasteiger charge is 2.46. The van der Waals surface area contributed by atoms with Crippen LogP contribution in [-0.2, 0) is 25.9 Å². The summed E-state index contributed by atoms with van der Waals surface area (Å²) in [4.78, 5) is 18.6. The van der Waals surface area contributed by atoms with Crippen molar-refractivity contribution in [2.24, 2.45) is 0 Å². The van der Waals surface area contributed by atoms with Crippen molar-refractivity contribution in [3.05, 3.63) is 168 Å². The van der Waals surface area contributed by atoms with Crippen molar-refractivity contribution in [3.8, 4) is 5.75 Å². The SMILES string of the molecule is COc1ccc(N2C(=O)N[C@@H](Cc3ccccc3)[C@@H]2C(Cc2ccccc2)N(Cc2ccccc2)Cc2ccccc2)cc1. The first kappa shape index (κ1) is 29.2. The van der Waals surface area contributed by atoms with Crippen molar-refractivity contribution in [3.63, 3.8) is 0 Å². The zero-order valence-corrected chi connectivity index (χ0v) is 25.1. The largest absolute Gasteiger partial charge is 0.497 e. The molecule has 5 nitrogen and oxygen atoms in total. The molecule has 1 aliphatic rings. The lowest BCUT2D eigenvalue weighted by molar-refractivity contribution is 0.145. The van der Waals surface area contributed by atoms with E-state index in [1.54, 1.807) is 7.11 Å². The smallest absolute Gasteiger partial charge is 0.322 e. The minimum Gasteiger partial charge on any atom is -0.497 e. The molecule has 2 amide bonds. The van der Waals surface area contributed by atoms with Crippen molar-refractivity contribution in [1.82, 2.24) is 10.2 Å². The predicted octanol–water partition coefficient (Wildman–Crippen LogP) is 7.52. The van der Waals surface area contributed by atoms with Gasteiger partial charge in [0.1, 0.15) is 5.75 Å². The Balaban J connectivity index is 1.47. The van der Waals surface area contributed by atoms with E-state index >= 15 is 0 Å². The van der Waals surface area contributed by atoms with E-state index in [2.05, 4.69) is 125 Å². The van der Waals surface area contributed by atoms with Gasteiger partial charge < -0.3 is 10.1 Å². The lowest BCUT2D eigenvalue weighted by Crippen LogP contribution is -2.55. The molecule has 1 fully saturated rings. The van der Waals surface area contributed by atoms with Crippen LogP contribution < -0.4 is 15.0 Å². The molecule has 0 radical (unpaired) electrons. The molecule has 5 heteroatoms. The first-order valence-electron chi connectivity index (χ1n) is 15.3. The van der Waals surface area contributed by atoms with Crippen LogP contribution in [0.4, 0.5) is 10.5 Å². The highest BCUT2D eigenvalue weighted by molar-refractivity contribution is 5.96. The molecule has 44 heavy (non-hydrogen) atoms. The van der Waals surface area contributed by atoms with Crippen LogP contribution in [0.2, 0.25) is 0 Å². The van der Waals surface area contributed by atoms with Gasteiger partial charge in [0.25, 0.3) is 0 Å². The fourth-order valence-corrected chi connectivity index (χ4v) is 6.39. The monoisotopic (exact) mass is 581 g/mol. The maximum Gasteiger partial charge on any atom is 0.322 e. The third kappa shape index (κ3) is 7.01. The summed E-state index contributed by atoms with van der Waals surface area (Å²) in [5.74, 6) is 0.765. The van der Waals surface area contributed by atoms with Gasteiger partial charge >= 0.3 is 6.03 Å². The number of hydrogen-bond acceptors (Lipinski definition) is 3. The Morgan fingerprint density at radius 1 is 0.659 bits per heavy atom. The highest BCUT2D eigenvalue weighted by Crippen LogP contribution is 2.33. The van der Waals surface area contributed by atoms with E-state index in [9.17, 15) is 4.79 Å². The van der Waals surface area contributed by atoms with Crippen LogP contribution in [-0.4, -0.2) is 36.2 Å². The normalized spacial score (nSPS) is 17.0. The van der Waals surface area contributed by atoms with E-state index in [-0.39, 0.29) is 24.2 Å². The van der Waals surface area contributed by atoms with E-state index in [4.69, 9.17) is 4.74 Å². The fraction of sp³-hybridized carbons (Fsp3) is 0.205. The van der Waals surface area contributed by atoms with Gasteiger partial charge in [-0.1, -0.05) is 121 Å². The molecule has 0 saturated carbocycles. The topological polar surface area (TPSA) is 44.8 Å². The molecule has 0 aliphatic carbocycles. The standard InChI is InChI=1S/C39H39N3O2/c1-44-35-24-22-34(23-25-35)42-38(36(40-39(42)43)26-30-14-6-2-7-15-30)37(27-31-16-8-3-9-17-31)41(28-32-18-10-4-11-19-32)29-33-20-12-5-13-21-33/h2-25,36-38H,26-29H2,1H3,(H,40,43)/t36-,37?,38+/m0/s1. The molecular weight excluding hydrogens is 542 g/mol. The summed E-state index contributed by atoms with van der Waals surface area (Å²) in [6, 6.07) is 50.0. The van der Waals surface area contributed by atoms with Gasteiger partial charge in [-0.25, -0.2) is 4.79 Å². The molecule has 5 aromatic carbocycles. The summed E-state index contributed by atoms with van der Waals surface area (Å²) in [7, 11) is 1.66. The fourth-order valence-electron chi connectivity index (χ4n) is 6.39. The van der Waals surface area contributed by atoms with Crippen molar-refractivity contribution in [2.45, 2.75) is 44.1 Å². The van der Waals surface area contributed by atoms with E-state index in [0.717, 1.165) is 37.4 Å². The number of carbonyl (C=O) groups excluding carboxylic acids is 1. The molecule has 0 bridgehead atoms. The molecule has 1 unspecified atom stereocenters. The number of amides is 2. The molecule has 0 aromatic heterocycles. The number of benzene rings is 5. The van der Waals surface area contributed by atoms with Gasteiger partial charge in [0, 0.05) is 24.8 Å². The van der Waals surface area contributed by atoms with Crippen molar-refractivity contribution < 1.29 is 9.53 Å². The molecule has 6 rings (SSSR count). The Bertz CT molecular complexity index is 1550. The van der Waals surface area contributed by atoms with Gasteiger partial charge in [-0.3, -0.25) is 9.80 Å². The number of rotatable bonds is 12. The Morgan fingerprint density at radius 3 is 1.64 bits per heavy atom. The van der Waals surface area contributed by atoms with Gasteiger partial charge in [0.15, 0.2) is 0 Å². The Morgan fingerprint density at radius 2 is 1.14 bits per heavy atom. The predicted molar refractivity (Wildman–Crippen MR) is 178 cm³/mol. The number of ether oxygens (including phenoxy) is 1. The van der Waals surface area contributed by atoms with Gasteiger partial charge in [0.05, 0.1) is 19.2 Å². The van der Waals surface area contributed by atoms with Gasteiger partial charge in [-0.2, -0.15) is 0 Å². The minimum absolute atomic E-state index is 0.00687. The summed E-state index contributed by atoms with van der Waals surface area (Å²) in [6.07, 6.45) is 1.53.